The average Bonchev–Trinajstić information content (AvgIpc) is 3.10. The number of halogens is 1. The summed E-state index contributed by atoms with van der Waals surface area (Å²) in [5.41, 5.74) is 3.26. The van der Waals surface area contributed by atoms with Crippen molar-refractivity contribution in [1.82, 2.24) is 4.72 Å². The Balaban J connectivity index is 1.67. The second-order valence-corrected chi connectivity index (χ2v) is 10.4. The number of benzene rings is 3. The van der Waals surface area contributed by atoms with Gasteiger partial charge >= 0.3 is 5.97 Å². The van der Waals surface area contributed by atoms with E-state index in [1.165, 1.54) is 0 Å². The van der Waals surface area contributed by atoms with E-state index in [4.69, 9.17) is 0 Å². The van der Waals surface area contributed by atoms with Gasteiger partial charge in [0.2, 0.25) is 10.0 Å². The normalized spacial score (nSPS) is 14.5. The van der Waals surface area contributed by atoms with Gasteiger partial charge in [-0.3, -0.25) is 4.79 Å². The largest absolute Gasteiger partial charge is 0.480 e. The summed E-state index contributed by atoms with van der Waals surface area (Å²) in [6, 6.07) is 20.1. The van der Waals surface area contributed by atoms with Crippen LogP contribution in [0.2, 0.25) is 0 Å². The number of carboxylic acid groups (broad SMARTS) is 1. The Morgan fingerprint density at radius 2 is 1.68 bits per heavy atom. The van der Waals surface area contributed by atoms with Crippen LogP contribution >= 0.6 is 15.9 Å². The maximum Gasteiger partial charge on any atom is 0.325 e. The molecule has 1 aliphatic carbocycles. The van der Waals surface area contributed by atoms with Crippen LogP contribution in [-0.4, -0.2) is 25.0 Å². The van der Waals surface area contributed by atoms with E-state index in [1.807, 2.05) is 36.4 Å². The Bertz CT molecular complexity index is 1260. The number of rotatable bonds is 7. The van der Waals surface area contributed by atoms with E-state index in [1.54, 1.807) is 37.3 Å². The highest BCUT2D eigenvalue weighted by Crippen LogP contribution is 2.39. The topological polar surface area (TPSA) is 83.5 Å². The number of aliphatic carboxylic acids is 1. The number of nitrogens with one attached hydrogen (secondary N) is 1. The lowest BCUT2D eigenvalue weighted by molar-refractivity contribution is -0.144. The van der Waals surface area contributed by atoms with E-state index in [0.717, 1.165) is 32.3 Å². The zero-order valence-electron chi connectivity index (χ0n) is 16.9. The molecule has 31 heavy (non-hydrogen) atoms. The van der Waals surface area contributed by atoms with Crippen LogP contribution in [0.4, 0.5) is 0 Å². The third-order valence-electron chi connectivity index (χ3n) is 5.82. The number of sulfonamides is 1. The molecule has 0 saturated heterocycles. The Labute approximate surface area is 190 Å². The number of hydrogen-bond acceptors (Lipinski definition) is 3. The SMILES string of the molecule is CCC(Cc1ccccc1)(NS(=O)(=O)c1ccc2c(c1)Cc1cc(Br)ccc1-2)C(=O)O. The summed E-state index contributed by atoms with van der Waals surface area (Å²) >= 11 is 3.48. The summed E-state index contributed by atoms with van der Waals surface area (Å²) < 4.78 is 30.0. The second-order valence-electron chi connectivity index (χ2n) is 7.81. The summed E-state index contributed by atoms with van der Waals surface area (Å²) in [7, 11) is -4.05. The van der Waals surface area contributed by atoms with Crippen LogP contribution in [-0.2, 0) is 27.7 Å². The molecule has 2 N–H and O–H groups in total. The molecule has 0 heterocycles. The van der Waals surface area contributed by atoms with Gasteiger partial charge in [0.25, 0.3) is 0 Å². The van der Waals surface area contributed by atoms with Crippen LogP contribution in [0, 0.1) is 0 Å². The van der Waals surface area contributed by atoms with Crippen LogP contribution in [0.15, 0.2) is 76.1 Å². The molecule has 0 aliphatic heterocycles. The number of carbonyl (C=O) groups is 1. The predicted octanol–water partition coefficient (Wildman–Crippen LogP) is 4.77. The predicted molar refractivity (Wildman–Crippen MR) is 124 cm³/mol. The minimum Gasteiger partial charge on any atom is -0.480 e. The highest BCUT2D eigenvalue weighted by Gasteiger charge is 2.41. The lowest BCUT2D eigenvalue weighted by Gasteiger charge is -2.29. The molecule has 0 radical (unpaired) electrons. The Hall–Kier alpha value is -2.48. The maximum atomic E-state index is 13.2. The van der Waals surface area contributed by atoms with Gasteiger partial charge in [-0.15, -0.1) is 0 Å². The van der Waals surface area contributed by atoms with Crippen LogP contribution < -0.4 is 4.72 Å². The fraction of sp³-hybridized carbons (Fsp3) is 0.208. The van der Waals surface area contributed by atoms with Crippen molar-refractivity contribution in [3.63, 3.8) is 0 Å². The van der Waals surface area contributed by atoms with E-state index in [0.29, 0.717) is 6.42 Å². The van der Waals surface area contributed by atoms with Gasteiger partial charge in [0.15, 0.2) is 0 Å². The van der Waals surface area contributed by atoms with Gasteiger partial charge in [-0.25, -0.2) is 8.42 Å². The molecule has 0 aromatic heterocycles. The smallest absolute Gasteiger partial charge is 0.325 e. The number of fused-ring (bicyclic) bond motifs is 3. The molecule has 0 fully saturated rings. The number of hydrogen-bond donors (Lipinski definition) is 2. The molecule has 0 spiro atoms. The Morgan fingerprint density at radius 3 is 2.32 bits per heavy atom. The third-order valence-corrected chi connectivity index (χ3v) is 7.84. The van der Waals surface area contributed by atoms with Gasteiger partial charge in [0.1, 0.15) is 5.54 Å². The minimum absolute atomic E-state index is 0.0588. The molecule has 7 heteroatoms. The van der Waals surface area contributed by atoms with Crippen molar-refractivity contribution in [2.75, 3.05) is 0 Å². The Kier molecular flexibility index (Phi) is 5.77. The molecule has 3 aromatic rings. The Morgan fingerprint density at radius 1 is 1.03 bits per heavy atom. The van der Waals surface area contributed by atoms with Crippen molar-refractivity contribution in [2.24, 2.45) is 0 Å². The monoisotopic (exact) mass is 499 g/mol. The van der Waals surface area contributed by atoms with E-state index in [9.17, 15) is 18.3 Å². The van der Waals surface area contributed by atoms with Crippen molar-refractivity contribution in [3.05, 3.63) is 87.9 Å². The van der Waals surface area contributed by atoms with Crippen molar-refractivity contribution < 1.29 is 18.3 Å². The lowest BCUT2D eigenvalue weighted by Crippen LogP contribution is -2.55. The first-order valence-electron chi connectivity index (χ1n) is 9.97. The minimum atomic E-state index is -4.05. The molecule has 0 amide bonds. The van der Waals surface area contributed by atoms with E-state index >= 15 is 0 Å². The first-order chi connectivity index (χ1) is 14.7. The molecule has 5 nitrogen and oxygen atoms in total. The van der Waals surface area contributed by atoms with Gasteiger partial charge < -0.3 is 5.11 Å². The standard InChI is InChI=1S/C24H22BrNO4S/c1-2-24(23(27)28,15-16-6-4-3-5-7-16)26-31(29,30)20-9-11-22-18(14-20)12-17-13-19(25)8-10-21(17)22/h3-11,13-14,26H,2,12,15H2,1H3,(H,27,28). The summed E-state index contributed by atoms with van der Waals surface area (Å²) in [6.45, 7) is 1.68. The first kappa shape index (κ1) is 21.7. The van der Waals surface area contributed by atoms with Crippen LogP contribution in [0.25, 0.3) is 11.1 Å². The molecule has 1 aliphatic rings. The fourth-order valence-electron chi connectivity index (χ4n) is 4.09. The molecule has 0 saturated carbocycles. The van der Waals surface area contributed by atoms with Crippen LogP contribution in [0.5, 0.6) is 0 Å². The van der Waals surface area contributed by atoms with Crippen LogP contribution in [0.1, 0.15) is 30.0 Å². The van der Waals surface area contributed by atoms with Crippen molar-refractivity contribution in [1.29, 1.82) is 0 Å². The van der Waals surface area contributed by atoms with Gasteiger partial charge in [-0.2, -0.15) is 4.72 Å². The first-order valence-corrected chi connectivity index (χ1v) is 12.2. The highest BCUT2D eigenvalue weighted by molar-refractivity contribution is 9.10. The summed E-state index contributed by atoms with van der Waals surface area (Å²) in [5, 5.41) is 9.96. The van der Waals surface area contributed by atoms with Gasteiger partial charge in [0, 0.05) is 10.9 Å². The van der Waals surface area contributed by atoms with Crippen molar-refractivity contribution >= 4 is 31.9 Å². The second kappa shape index (κ2) is 8.22. The molecule has 160 valence electrons. The highest BCUT2D eigenvalue weighted by atomic mass is 79.9. The summed E-state index contributed by atoms with van der Waals surface area (Å²) in [6.07, 6.45) is 0.805. The van der Waals surface area contributed by atoms with Crippen LogP contribution in [0.3, 0.4) is 0 Å². The fourth-order valence-corrected chi connectivity index (χ4v) is 5.98. The molecule has 4 rings (SSSR count). The molecular weight excluding hydrogens is 478 g/mol. The molecule has 1 unspecified atom stereocenters. The number of carboxylic acids is 1. The molecule has 1 atom stereocenters. The van der Waals surface area contributed by atoms with Crippen molar-refractivity contribution in [2.45, 2.75) is 36.6 Å². The zero-order chi connectivity index (χ0) is 22.2. The van der Waals surface area contributed by atoms with Gasteiger partial charge in [0.05, 0.1) is 4.90 Å². The quantitative estimate of drug-likeness (QED) is 0.383. The summed E-state index contributed by atoms with van der Waals surface area (Å²) in [4.78, 5) is 12.3. The van der Waals surface area contributed by atoms with Gasteiger partial charge in [-0.05, 0) is 64.9 Å². The van der Waals surface area contributed by atoms with E-state index in [-0.39, 0.29) is 17.7 Å². The van der Waals surface area contributed by atoms with Crippen molar-refractivity contribution in [3.8, 4) is 11.1 Å². The van der Waals surface area contributed by atoms with Gasteiger partial charge in [-0.1, -0.05) is 65.3 Å². The molecule has 0 bridgehead atoms. The maximum absolute atomic E-state index is 13.2. The average molecular weight is 500 g/mol. The molecular formula is C24H22BrNO4S. The van der Waals surface area contributed by atoms with E-state index in [2.05, 4.69) is 20.7 Å². The lowest BCUT2D eigenvalue weighted by atomic mass is 9.89. The third kappa shape index (κ3) is 4.18. The zero-order valence-corrected chi connectivity index (χ0v) is 19.3. The van der Waals surface area contributed by atoms with E-state index < -0.39 is 21.5 Å². The molecule has 3 aromatic carbocycles. The summed E-state index contributed by atoms with van der Waals surface area (Å²) in [5.74, 6) is -1.19.